The molecule has 0 unspecified atom stereocenters. The third kappa shape index (κ3) is 4.58. The van der Waals surface area contributed by atoms with Crippen LogP contribution in [-0.2, 0) is 4.79 Å². The van der Waals surface area contributed by atoms with Crippen molar-refractivity contribution in [2.45, 2.75) is 52.9 Å². The molecule has 4 nitrogen and oxygen atoms in total. The van der Waals surface area contributed by atoms with Gasteiger partial charge in [0, 0.05) is 19.6 Å². The zero-order valence-corrected chi connectivity index (χ0v) is 12.2. The maximum Gasteiger partial charge on any atom is 0.230 e. The highest BCUT2D eigenvalue weighted by Gasteiger charge is 2.37. The van der Waals surface area contributed by atoms with Crippen LogP contribution in [0.1, 0.15) is 52.9 Å². The van der Waals surface area contributed by atoms with Crippen LogP contribution in [0.3, 0.4) is 0 Å². The first-order valence-electron chi connectivity index (χ1n) is 7.22. The van der Waals surface area contributed by atoms with Crippen molar-refractivity contribution in [1.29, 1.82) is 0 Å². The summed E-state index contributed by atoms with van der Waals surface area (Å²) in [5, 5.41) is 9.09. The second-order valence-corrected chi connectivity index (χ2v) is 5.00. The van der Waals surface area contributed by atoms with Crippen molar-refractivity contribution in [3.8, 4) is 0 Å². The highest BCUT2D eigenvalue weighted by molar-refractivity contribution is 5.83. The van der Waals surface area contributed by atoms with Crippen molar-refractivity contribution in [1.82, 2.24) is 4.90 Å². The van der Waals surface area contributed by atoms with Crippen LogP contribution in [-0.4, -0.2) is 42.2 Å². The van der Waals surface area contributed by atoms with Gasteiger partial charge < -0.3 is 15.7 Å². The molecule has 0 rings (SSSR count). The van der Waals surface area contributed by atoms with Crippen LogP contribution in [0.25, 0.3) is 0 Å². The van der Waals surface area contributed by atoms with Gasteiger partial charge in [0.05, 0.1) is 12.0 Å². The van der Waals surface area contributed by atoms with Gasteiger partial charge in [0.15, 0.2) is 0 Å². The van der Waals surface area contributed by atoms with Gasteiger partial charge in [-0.05, 0) is 19.3 Å². The molecule has 0 spiro atoms. The van der Waals surface area contributed by atoms with Gasteiger partial charge >= 0.3 is 0 Å². The fraction of sp³-hybridized carbons (Fsp3) is 0.929. The molecular weight excluding hydrogens is 228 g/mol. The van der Waals surface area contributed by atoms with Crippen molar-refractivity contribution in [3.05, 3.63) is 0 Å². The Labute approximate surface area is 112 Å². The molecule has 0 aromatic rings. The minimum Gasteiger partial charge on any atom is -0.395 e. The van der Waals surface area contributed by atoms with Crippen LogP contribution in [0, 0.1) is 5.41 Å². The maximum atomic E-state index is 12.7. The van der Waals surface area contributed by atoms with E-state index >= 15 is 0 Å². The molecule has 0 bridgehead atoms. The second kappa shape index (κ2) is 9.34. The molecule has 0 aliphatic heterocycles. The van der Waals surface area contributed by atoms with Crippen molar-refractivity contribution >= 4 is 5.91 Å². The van der Waals surface area contributed by atoms with E-state index in [9.17, 15) is 4.79 Å². The molecule has 0 fully saturated rings. The van der Waals surface area contributed by atoms with E-state index in [1.807, 2.05) is 6.92 Å². The van der Waals surface area contributed by atoms with Gasteiger partial charge in [-0.1, -0.05) is 33.6 Å². The molecule has 108 valence electrons. The number of carbonyl (C=O) groups is 1. The number of hydrogen-bond acceptors (Lipinski definition) is 3. The van der Waals surface area contributed by atoms with E-state index in [0.29, 0.717) is 19.6 Å². The molecule has 0 aromatic carbocycles. The summed E-state index contributed by atoms with van der Waals surface area (Å²) in [4.78, 5) is 14.5. The minimum absolute atomic E-state index is 0.0185. The topological polar surface area (TPSA) is 66.6 Å². The molecule has 0 saturated heterocycles. The fourth-order valence-electron chi connectivity index (χ4n) is 2.63. The number of carbonyl (C=O) groups excluding carboxylic acids is 1. The van der Waals surface area contributed by atoms with Crippen LogP contribution in [0.15, 0.2) is 0 Å². The first-order chi connectivity index (χ1) is 8.61. The van der Waals surface area contributed by atoms with E-state index in [1.54, 1.807) is 4.90 Å². The molecule has 4 heteroatoms. The Bertz CT molecular complexity index is 220. The Kier molecular flexibility index (Phi) is 9.02. The van der Waals surface area contributed by atoms with Crippen molar-refractivity contribution in [3.63, 3.8) is 0 Å². The summed E-state index contributed by atoms with van der Waals surface area (Å²) < 4.78 is 0. The van der Waals surface area contributed by atoms with Crippen LogP contribution >= 0.6 is 0 Å². The molecule has 0 heterocycles. The molecule has 3 N–H and O–H groups in total. The monoisotopic (exact) mass is 258 g/mol. The maximum absolute atomic E-state index is 12.7. The van der Waals surface area contributed by atoms with Crippen LogP contribution in [0.2, 0.25) is 0 Å². The first-order valence-corrected chi connectivity index (χ1v) is 7.22. The van der Waals surface area contributed by atoms with Gasteiger partial charge in [-0.3, -0.25) is 4.79 Å². The quantitative estimate of drug-likeness (QED) is 0.627. The lowest BCUT2D eigenvalue weighted by atomic mass is 9.78. The lowest BCUT2D eigenvalue weighted by Gasteiger charge is -2.36. The number of amides is 1. The van der Waals surface area contributed by atoms with E-state index < -0.39 is 5.41 Å². The van der Waals surface area contributed by atoms with Crippen LogP contribution < -0.4 is 5.73 Å². The van der Waals surface area contributed by atoms with Gasteiger partial charge in [0.25, 0.3) is 0 Å². The predicted octanol–water partition coefficient (Wildman–Crippen LogP) is 1.76. The van der Waals surface area contributed by atoms with E-state index in [2.05, 4.69) is 13.8 Å². The SMILES string of the molecule is CCCN(CCO)C(=O)C(CN)(CCC)CCC. The summed E-state index contributed by atoms with van der Waals surface area (Å²) in [6.07, 6.45) is 4.50. The van der Waals surface area contributed by atoms with Gasteiger partial charge in [-0.2, -0.15) is 0 Å². The Morgan fingerprint density at radius 3 is 2.00 bits per heavy atom. The normalized spacial score (nSPS) is 11.6. The van der Waals surface area contributed by atoms with E-state index in [0.717, 1.165) is 32.1 Å². The standard InChI is InChI=1S/C14H30N2O2/c1-4-7-14(12-15,8-5-2)13(18)16(9-6-3)10-11-17/h17H,4-12,15H2,1-3H3. The summed E-state index contributed by atoms with van der Waals surface area (Å²) in [7, 11) is 0. The number of aliphatic hydroxyl groups excluding tert-OH is 1. The molecule has 1 amide bonds. The van der Waals surface area contributed by atoms with Crippen molar-refractivity contribution in [2.75, 3.05) is 26.2 Å². The third-order valence-electron chi connectivity index (χ3n) is 3.45. The second-order valence-electron chi connectivity index (χ2n) is 5.00. The largest absolute Gasteiger partial charge is 0.395 e. The Balaban J connectivity index is 4.98. The minimum atomic E-state index is -0.423. The molecule has 0 aliphatic rings. The number of nitrogens with zero attached hydrogens (tertiary/aromatic N) is 1. The first kappa shape index (κ1) is 17.4. The molecule has 0 atom stereocenters. The van der Waals surface area contributed by atoms with E-state index in [1.165, 1.54) is 0 Å². The van der Waals surface area contributed by atoms with Crippen LogP contribution in [0.5, 0.6) is 0 Å². The molecule has 0 radical (unpaired) electrons. The van der Waals surface area contributed by atoms with Gasteiger partial charge in [-0.25, -0.2) is 0 Å². The lowest BCUT2D eigenvalue weighted by molar-refractivity contribution is -0.143. The van der Waals surface area contributed by atoms with Gasteiger partial charge in [0.2, 0.25) is 5.91 Å². The fourth-order valence-corrected chi connectivity index (χ4v) is 2.63. The summed E-state index contributed by atoms with van der Waals surface area (Å²) in [6, 6.07) is 0. The number of nitrogens with two attached hydrogens (primary N) is 1. The Hall–Kier alpha value is -0.610. The summed E-state index contributed by atoms with van der Waals surface area (Å²) in [5.41, 5.74) is 5.48. The molecule has 0 saturated carbocycles. The summed E-state index contributed by atoms with van der Waals surface area (Å²) >= 11 is 0. The molecular formula is C14H30N2O2. The third-order valence-corrected chi connectivity index (χ3v) is 3.45. The number of hydrogen-bond donors (Lipinski definition) is 2. The highest BCUT2D eigenvalue weighted by Crippen LogP contribution is 2.31. The van der Waals surface area contributed by atoms with Crippen molar-refractivity contribution < 1.29 is 9.90 Å². The average molecular weight is 258 g/mol. The van der Waals surface area contributed by atoms with E-state index in [-0.39, 0.29) is 12.5 Å². The Morgan fingerprint density at radius 1 is 1.11 bits per heavy atom. The van der Waals surface area contributed by atoms with E-state index in [4.69, 9.17) is 10.8 Å². The lowest BCUT2D eigenvalue weighted by Crippen LogP contribution is -2.49. The number of aliphatic hydroxyl groups is 1. The highest BCUT2D eigenvalue weighted by atomic mass is 16.3. The molecule has 0 aromatic heterocycles. The predicted molar refractivity (Wildman–Crippen MR) is 75.3 cm³/mol. The Morgan fingerprint density at radius 2 is 1.67 bits per heavy atom. The number of rotatable bonds is 10. The average Bonchev–Trinajstić information content (AvgIpc) is 2.37. The van der Waals surface area contributed by atoms with Crippen molar-refractivity contribution in [2.24, 2.45) is 11.1 Å². The molecule has 18 heavy (non-hydrogen) atoms. The zero-order valence-electron chi connectivity index (χ0n) is 12.2. The smallest absolute Gasteiger partial charge is 0.230 e. The van der Waals surface area contributed by atoms with Crippen LogP contribution in [0.4, 0.5) is 0 Å². The summed E-state index contributed by atoms with van der Waals surface area (Å²) in [5.74, 6) is 0.129. The van der Waals surface area contributed by atoms with Gasteiger partial charge in [0.1, 0.15) is 0 Å². The summed E-state index contributed by atoms with van der Waals surface area (Å²) in [6.45, 7) is 7.76. The van der Waals surface area contributed by atoms with Gasteiger partial charge in [-0.15, -0.1) is 0 Å². The zero-order chi connectivity index (χ0) is 14.0. The molecule has 0 aliphatic carbocycles.